The summed E-state index contributed by atoms with van der Waals surface area (Å²) < 4.78 is 42.3. The average molecular weight is 433 g/mol. The molecule has 0 unspecified atom stereocenters. The molecule has 1 fully saturated rings. The van der Waals surface area contributed by atoms with Gasteiger partial charge in [-0.2, -0.15) is 0 Å². The minimum absolute atomic E-state index is 0.328. The van der Waals surface area contributed by atoms with E-state index in [1.165, 1.54) is 18.5 Å². The molecule has 1 aliphatic rings. The van der Waals surface area contributed by atoms with Gasteiger partial charge in [0, 0.05) is 50.3 Å². The Labute approximate surface area is 175 Å². The monoisotopic (exact) mass is 433 g/mol. The van der Waals surface area contributed by atoms with Crippen LogP contribution in [-0.2, 0) is 0 Å². The average Bonchev–Trinajstić information content (AvgIpc) is 3.29. The summed E-state index contributed by atoms with van der Waals surface area (Å²) in [5, 5.41) is 2.68. The van der Waals surface area contributed by atoms with Crippen LogP contribution in [0.3, 0.4) is 0 Å². The third-order valence-corrected chi connectivity index (χ3v) is 4.64. The number of hydrogen-bond acceptors (Lipinski definition) is 6. The van der Waals surface area contributed by atoms with Crippen molar-refractivity contribution in [1.82, 2.24) is 24.4 Å². The van der Waals surface area contributed by atoms with E-state index in [1.807, 2.05) is 6.07 Å². The van der Waals surface area contributed by atoms with E-state index < -0.39 is 6.36 Å². The number of rotatable bonds is 4. The summed E-state index contributed by atoms with van der Waals surface area (Å²) in [6.45, 7) is 2.08. The van der Waals surface area contributed by atoms with Crippen LogP contribution in [0.1, 0.15) is 0 Å². The predicted octanol–water partition coefficient (Wildman–Crippen LogP) is 2.92. The van der Waals surface area contributed by atoms with Crippen molar-refractivity contribution in [3.8, 4) is 11.6 Å². The first kappa shape index (κ1) is 20.4. The summed E-state index contributed by atoms with van der Waals surface area (Å²) in [7, 11) is 0. The summed E-state index contributed by atoms with van der Waals surface area (Å²) >= 11 is 0. The SMILES string of the molecule is O=C(Nc1ccc(OC(F)(F)F)cc1)N1CCN(c2cc(-n3ccnc3)ncn2)CC1. The third kappa shape index (κ3) is 5.21. The van der Waals surface area contributed by atoms with Gasteiger partial charge in [-0.05, 0) is 24.3 Å². The van der Waals surface area contributed by atoms with Crippen molar-refractivity contribution < 1.29 is 22.7 Å². The van der Waals surface area contributed by atoms with Crippen LogP contribution in [0.5, 0.6) is 5.75 Å². The van der Waals surface area contributed by atoms with Crippen LogP contribution in [0.15, 0.2) is 55.4 Å². The smallest absolute Gasteiger partial charge is 0.406 e. The number of imidazole rings is 1. The van der Waals surface area contributed by atoms with Gasteiger partial charge in [-0.15, -0.1) is 13.2 Å². The van der Waals surface area contributed by atoms with Crippen molar-refractivity contribution in [1.29, 1.82) is 0 Å². The molecule has 1 aromatic carbocycles. The number of aromatic nitrogens is 4. The summed E-state index contributed by atoms with van der Waals surface area (Å²) in [5.74, 6) is 1.10. The van der Waals surface area contributed by atoms with Gasteiger partial charge in [0.25, 0.3) is 0 Å². The molecule has 0 bridgehead atoms. The normalized spacial score (nSPS) is 14.4. The lowest BCUT2D eigenvalue weighted by Crippen LogP contribution is -2.50. The fraction of sp³-hybridized carbons (Fsp3) is 0.263. The van der Waals surface area contributed by atoms with E-state index in [0.29, 0.717) is 37.7 Å². The lowest BCUT2D eigenvalue weighted by molar-refractivity contribution is -0.274. The first-order chi connectivity index (χ1) is 14.9. The Morgan fingerprint density at radius 2 is 1.74 bits per heavy atom. The van der Waals surface area contributed by atoms with Crippen LogP contribution in [0.25, 0.3) is 5.82 Å². The van der Waals surface area contributed by atoms with Gasteiger partial charge in [0.15, 0.2) is 0 Å². The topological polar surface area (TPSA) is 88.4 Å². The Bertz CT molecular complexity index is 1020. The maximum atomic E-state index is 12.5. The molecule has 3 heterocycles. The molecule has 0 aliphatic carbocycles. The van der Waals surface area contributed by atoms with Gasteiger partial charge >= 0.3 is 12.4 Å². The number of urea groups is 1. The van der Waals surface area contributed by atoms with Crippen molar-refractivity contribution in [3.63, 3.8) is 0 Å². The molecular weight excluding hydrogens is 415 g/mol. The molecule has 1 saturated heterocycles. The second-order valence-electron chi connectivity index (χ2n) is 6.68. The van der Waals surface area contributed by atoms with Gasteiger partial charge in [0.1, 0.15) is 30.0 Å². The van der Waals surface area contributed by atoms with Crippen LogP contribution in [-0.4, -0.2) is 63.0 Å². The summed E-state index contributed by atoms with van der Waals surface area (Å²) in [4.78, 5) is 28.7. The van der Waals surface area contributed by atoms with Crippen LogP contribution in [0.2, 0.25) is 0 Å². The van der Waals surface area contributed by atoms with Crippen molar-refractivity contribution in [2.75, 3.05) is 36.4 Å². The molecule has 12 heteroatoms. The quantitative estimate of drug-likeness (QED) is 0.681. The zero-order valence-corrected chi connectivity index (χ0v) is 16.2. The maximum Gasteiger partial charge on any atom is 0.573 e. The molecule has 3 aromatic rings. The zero-order chi connectivity index (χ0) is 21.8. The first-order valence-corrected chi connectivity index (χ1v) is 9.34. The first-order valence-electron chi connectivity index (χ1n) is 9.34. The number of piperazine rings is 1. The van der Waals surface area contributed by atoms with Crippen LogP contribution >= 0.6 is 0 Å². The molecule has 0 saturated carbocycles. The molecule has 9 nitrogen and oxygen atoms in total. The highest BCUT2D eigenvalue weighted by Gasteiger charge is 2.31. The van der Waals surface area contributed by atoms with Gasteiger partial charge in [0.05, 0.1) is 0 Å². The fourth-order valence-corrected chi connectivity index (χ4v) is 3.13. The maximum absolute atomic E-state index is 12.5. The molecule has 1 aliphatic heterocycles. The number of hydrogen-bond donors (Lipinski definition) is 1. The molecule has 162 valence electrons. The Morgan fingerprint density at radius 1 is 1.03 bits per heavy atom. The summed E-state index contributed by atoms with van der Waals surface area (Å²) in [6.07, 6.45) is 1.83. The number of benzene rings is 1. The zero-order valence-electron chi connectivity index (χ0n) is 16.2. The van der Waals surface area contributed by atoms with Gasteiger partial charge in [0.2, 0.25) is 0 Å². The largest absolute Gasteiger partial charge is 0.573 e. The van der Waals surface area contributed by atoms with Crippen molar-refractivity contribution in [3.05, 3.63) is 55.4 Å². The van der Waals surface area contributed by atoms with Gasteiger partial charge < -0.3 is 19.9 Å². The van der Waals surface area contributed by atoms with Crippen LogP contribution in [0, 0.1) is 0 Å². The molecule has 4 rings (SSSR count). The highest BCUT2D eigenvalue weighted by Crippen LogP contribution is 2.24. The van der Waals surface area contributed by atoms with E-state index in [4.69, 9.17) is 0 Å². The van der Waals surface area contributed by atoms with Crippen molar-refractivity contribution in [2.24, 2.45) is 0 Å². The fourth-order valence-electron chi connectivity index (χ4n) is 3.13. The van der Waals surface area contributed by atoms with Gasteiger partial charge in [-0.1, -0.05) is 0 Å². The van der Waals surface area contributed by atoms with Gasteiger partial charge in [-0.3, -0.25) is 4.57 Å². The highest BCUT2D eigenvalue weighted by atomic mass is 19.4. The number of nitrogens with zero attached hydrogens (tertiary/aromatic N) is 6. The van der Waals surface area contributed by atoms with E-state index in [1.54, 1.807) is 28.2 Å². The molecule has 1 N–H and O–H groups in total. The van der Waals surface area contributed by atoms with Crippen molar-refractivity contribution in [2.45, 2.75) is 6.36 Å². The Hall–Kier alpha value is -3.83. The molecule has 2 aromatic heterocycles. The standard InChI is InChI=1S/C19H18F3N7O2/c20-19(21,22)31-15-3-1-14(2-4-15)26-18(30)28-9-7-27(8-10-28)16-11-17(25-12-24-16)29-6-5-23-13-29/h1-6,11-13H,7-10H2,(H,26,30). The molecule has 2 amide bonds. The molecule has 0 spiro atoms. The number of ether oxygens (including phenoxy) is 1. The minimum Gasteiger partial charge on any atom is -0.406 e. The van der Waals surface area contributed by atoms with E-state index in [9.17, 15) is 18.0 Å². The molecular formula is C19H18F3N7O2. The predicted molar refractivity (Wildman–Crippen MR) is 105 cm³/mol. The minimum atomic E-state index is -4.76. The lowest BCUT2D eigenvalue weighted by atomic mass is 10.3. The van der Waals surface area contributed by atoms with E-state index in [-0.39, 0.29) is 11.8 Å². The third-order valence-electron chi connectivity index (χ3n) is 4.64. The summed E-state index contributed by atoms with van der Waals surface area (Å²) in [6, 6.07) is 6.52. The number of nitrogens with one attached hydrogen (secondary N) is 1. The number of carbonyl (C=O) groups excluding carboxylic acids is 1. The van der Waals surface area contributed by atoms with Gasteiger partial charge in [-0.25, -0.2) is 19.7 Å². The highest BCUT2D eigenvalue weighted by molar-refractivity contribution is 5.89. The van der Waals surface area contributed by atoms with Crippen LogP contribution in [0.4, 0.5) is 29.5 Å². The van der Waals surface area contributed by atoms with E-state index >= 15 is 0 Å². The van der Waals surface area contributed by atoms with Crippen molar-refractivity contribution >= 4 is 17.5 Å². The molecule has 0 radical (unpaired) electrons. The second-order valence-corrected chi connectivity index (χ2v) is 6.68. The summed E-state index contributed by atoms with van der Waals surface area (Å²) in [5.41, 5.74) is 0.378. The Morgan fingerprint density at radius 3 is 2.39 bits per heavy atom. The van der Waals surface area contributed by atoms with Crippen LogP contribution < -0.4 is 15.0 Å². The van der Waals surface area contributed by atoms with E-state index in [2.05, 4.69) is 29.9 Å². The number of alkyl halides is 3. The van der Waals surface area contributed by atoms with E-state index in [0.717, 1.165) is 18.0 Å². The number of amides is 2. The molecule has 0 atom stereocenters. The molecule has 31 heavy (non-hydrogen) atoms. The number of anilines is 2. The Balaban J connectivity index is 1.32. The number of carbonyl (C=O) groups is 1. The number of halogens is 3. The second kappa shape index (κ2) is 8.50. The lowest BCUT2D eigenvalue weighted by Gasteiger charge is -2.35. The Kier molecular flexibility index (Phi) is 5.60.